The standard InChI is InChI=1S/C15H27N3O3/c1-4-6-13-14(16-7-5-2)17-12-18-15(13)21-11-10-20-9-8-19-3/h12H,4-11H2,1-3H3,(H,16,17,18). The minimum Gasteiger partial charge on any atom is -0.475 e. The molecule has 0 spiro atoms. The van der Waals surface area contributed by atoms with E-state index in [2.05, 4.69) is 29.1 Å². The van der Waals surface area contributed by atoms with Gasteiger partial charge in [0.1, 0.15) is 18.8 Å². The van der Waals surface area contributed by atoms with Gasteiger partial charge in [-0.3, -0.25) is 0 Å². The Morgan fingerprint density at radius 2 is 1.86 bits per heavy atom. The number of rotatable bonds is 12. The van der Waals surface area contributed by atoms with Crippen molar-refractivity contribution in [2.45, 2.75) is 33.1 Å². The molecule has 0 bridgehead atoms. The average molecular weight is 297 g/mol. The van der Waals surface area contributed by atoms with Crippen molar-refractivity contribution < 1.29 is 14.2 Å². The highest BCUT2D eigenvalue weighted by atomic mass is 16.5. The van der Waals surface area contributed by atoms with Crippen LogP contribution >= 0.6 is 0 Å². The Morgan fingerprint density at radius 1 is 1.05 bits per heavy atom. The van der Waals surface area contributed by atoms with Gasteiger partial charge in [-0.2, -0.15) is 0 Å². The molecule has 1 N–H and O–H groups in total. The summed E-state index contributed by atoms with van der Waals surface area (Å²) in [7, 11) is 1.66. The highest BCUT2D eigenvalue weighted by Gasteiger charge is 2.11. The first-order chi connectivity index (χ1) is 10.3. The third-order valence-electron chi connectivity index (χ3n) is 2.85. The first-order valence-electron chi connectivity index (χ1n) is 7.60. The van der Waals surface area contributed by atoms with E-state index in [-0.39, 0.29) is 0 Å². The molecule has 1 rings (SSSR count). The predicted octanol–water partition coefficient (Wildman–Crippen LogP) is 2.29. The van der Waals surface area contributed by atoms with E-state index in [0.717, 1.165) is 37.2 Å². The topological polar surface area (TPSA) is 65.5 Å². The van der Waals surface area contributed by atoms with Gasteiger partial charge in [-0.1, -0.05) is 20.3 Å². The van der Waals surface area contributed by atoms with E-state index in [0.29, 0.717) is 32.3 Å². The molecule has 0 saturated carbocycles. The van der Waals surface area contributed by atoms with Gasteiger partial charge >= 0.3 is 0 Å². The van der Waals surface area contributed by atoms with Crippen LogP contribution in [0.2, 0.25) is 0 Å². The monoisotopic (exact) mass is 297 g/mol. The van der Waals surface area contributed by atoms with E-state index >= 15 is 0 Å². The van der Waals surface area contributed by atoms with Gasteiger partial charge in [0.15, 0.2) is 0 Å². The van der Waals surface area contributed by atoms with Crippen molar-refractivity contribution in [2.75, 3.05) is 45.4 Å². The van der Waals surface area contributed by atoms with Crippen molar-refractivity contribution in [3.8, 4) is 5.88 Å². The zero-order chi connectivity index (χ0) is 15.3. The highest BCUT2D eigenvalue weighted by molar-refractivity contribution is 5.48. The van der Waals surface area contributed by atoms with Gasteiger partial charge in [0.25, 0.3) is 0 Å². The molecule has 6 nitrogen and oxygen atoms in total. The average Bonchev–Trinajstić information content (AvgIpc) is 2.50. The summed E-state index contributed by atoms with van der Waals surface area (Å²) in [6.45, 7) is 7.33. The number of nitrogens with one attached hydrogen (secondary N) is 1. The molecule has 0 unspecified atom stereocenters. The number of methoxy groups -OCH3 is 1. The maximum Gasteiger partial charge on any atom is 0.221 e. The minimum atomic E-state index is 0.477. The summed E-state index contributed by atoms with van der Waals surface area (Å²) in [5.41, 5.74) is 1.05. The van der Waals surface area contributed by atoms with Crippen molar-refractivity contribution in [2.24, 2.45) is 0 Å². The van der Waals surface area contributed by atoms with Crippen molar-refractivity contribution in [1.29, 1.82) is 0 Å². The lowest BCUT2D eigenvalue weighted by molar-refractivity contribution is 0.0535. The Balaban J connectivity index is 2.54. The fraction of sp³-hybridized carbons (Fsp3) is 0.733. The number of nitrogens with zero attached hydrogens (tertiary/aromatic N) is 2. The van der Waals surface area contributed by atoms with Crippen LogP contribution in [0.4, 0.5) is 5.82 Å². The van der Waals surface area contributed by atoms with Crippen LogP contribution < -0.4 is 10.1 Å². The van der Waals surface area contributed by atoms with Crippen molar-refractivity contribution in [3.63, 3.8) is 0 Å². The summed E-state index contributed by atoms with van der Waals surface area (Å²) < 4.78 is 16.0. The lowest BCUT2D eigenvalue weighted by Gasteiger charge is -2.14. The fourth-order valence-corrected chi connectivity index (χ4v) is 1.83. The Hall–Kier alpha value is -1.40. The quantitative estimate of drug-likeness (QED) is 0.597. The summed E-state index contributed by atoms with van der Waals surface area (Å²) in [4.78, 5) is 8.56. The van der Waals surface area contributed by atoms with E-state index in [1.807, 2.05) is 0 Å². The molecule has 0 amide bonds. The molecule has 0 fully saturated rings. The van der Waals surface area contributed by atoms with Gasteiger partial charge in [0.05, 0.1) is 25.4 Å². The second-order valence-corrected chi connectivity index (χ2v) is 4.64. The first kappa shape index (κ1) is 17.7. The van der Waals surface area contributed by atoms with Crippen LogP contribution in [0, 0.1) is 0 Å². The number of hydrogen-bond acceptors (Lipinski definition) is 6. The molecule has 1 heterocycles. The number of ether oxygens (including phenoxy) is 3. The molecule has 120 valence electrons. The van der Waals surface area contributed by atoms with E-state index in [9.17, 15) is 0 Å². The predicted molar refractivity (Wildman–Crippen MR) is 83.0 cm³/mol. The number of aromatic nitrogens is 2. The van der Waals surface area contributed by atoms with Crippen LogP contribution in [0.5, 0.6) is 5.88 Å². The largest absolute Gasteiger partial charge is 0.475 e. The van der Waals surface area contributed by atoms with E-state index in [4.69, 9.17) is 14.2 Å². The Morgan fingerprint density at radius 3 is 2.57 bits per heavy atom. The summed E-state index contributed by atoms with van der Waals surface area (Å²) in [5.74, 6) is 1.53. The molecule has 0 saturated heterocycles. The van der Waals surface area contributed by atoms with E-state index < -0.39 is 0 Å². The maximum atomic E-state index is 5.73. The smallest absolute Gasteiger partial charge is 0.221 e. The van der Waals surface area contributed by atoms with Crippen LogP contribution in [-0.2, 0) is 15.9 Å². The van der Waals surface area contributed by atoms with Gasteiger partial charge < -0.3 is 19.5 Å². The SMILES string of the molecule is CCCNc1ncnc(OCCOCCOC)c1CCC. The zero-order valence-electron chi connectivity index (χ0n) is 13.4. The van der Waals surface area contributed by atoms with Crippen LogP contribution in [0.25, 0.3) is 0 Å². The Labute approximate surface area is 127 Å². The Kier molecular flexibility index (Phi) is 9.48. The van der Waals surface area contributed by atoms with Gasteiger partial charge in [-0.05, 0) is 12.8 Å². The molecule has 0 aromatic carbocycles. The third-order valence-corrected chi connectivity index (χ3v) is 2.85. The normalized spacial score (nSPS) is 10.6. The van der Waals surface area contributed by atoms with Crippen molar-refractivity contribution in [1.82, 2.24) is 9.97 Å². The lowest BCUT2D eigenvalue weighted by atomic mass is 10.1. The fourth-order valence-electron chi connectivity index (χ4n) is 1.83. The molecule has 21 heavy (non-hydrogen) atoms. The molecule has 0 aliphatic rings. The Bertz CT molecular complexity index is 388. The molecular formula is C15H27N3O3. The van der Waals surface area contributed by atoms with Gasteiger partial charge in [-0.25, -0.2) is 9.97 Å². The molecule has 0 aliphatic heterocycles. The second kappa shape index (κ2) is 11.3. The van der Waals surface area contributed by atoms with Crippen molar-refractivity contribution in [3.05, 3.63) is 11.9 Å². The van der Waals surface area contributed by atoms with Crippen LogP contribution in [-0.4, -0.2) is 50.1 Å². The van der Waals surface area contributed by atoms with Gasteiger partial charge in [-0.15, -0.1) is 0 Å². The van der Waals surface area contributed by atoms with Gasteiger partial charge in [0.2, 0.25) is 5.88 Å². The van der Waals surface area contributed by atoms with Crippen LogP contribution in [0.15, 0.2) is 6.33 Å². The first-order valence-corrected chi connectivity index (χ1v) is 7.60. The number of anilines is 1. The molecular weight excluding hydrogens is 270 g/mol. The molecule has 0 radical (unpaired) electrons. The van der Waals surface area contributed by atoms with Crippen LogP contribution in [0.3, 0.4) is 0 Å². The molecule has 0 atom stereocenters. The van der Waals surface area contributed by atoms with Crippen molar-refractivity contribution >= 4 is 5.82 Å². The molecule has 1 aromatic heterocycles. The summed E-state index contributed by atoms with van der Waals surface area (Å²) >= 11 is 0. The summed E-state index contributed by atoms with van der Waals surface area (Å²) in [5, 5.41) is 3.33. The summed E-state index contributed by atoms with van der Waals surface area (Å²) in [6.07, 6.45) is 4.51. The minimum absolute atomic E-state index is 0.477. The highest BCUT2D eigenvalue weighted by Crippen LogP contribution is 2.23. The van der Waals surface area contributed by atoms with Crippen LogP contribution in [0.1, 0.15) is 32.3 Å². The lowest BCUT2D eigenvalue weighted by Crippen LogP contribution is -2.13. The molecule has 0 aliphatic carbocycles. The van der Waals surface area contributed by atoms with E-state index in [1.54, 1.807) is 7.11 Å². The zero-order valence-corrected chi connectivity index (χ0v) is 13.4. The molecule has 6 heteroatoms. The molecule has 1 aromatic rings. The maximum absolute atomic E-state index is 5.73. The third kappa shape index (κ3) is 6.73. The second-order valence-electron chi connectivity index (χ2n) is 4.64. The summed E-state index contributed by atoms with van der Waals surface area (Å²) in [6, 6.07) is 0. The van der Waals surface area contributed by atoms with E-state index in [1.165, 1.54) is 6.33 Å². The van der Waals surface area contributed by atoms with Gasteiger partial charge in [0, 0.05) is 13.7 Å². The number of hydrogen-bond donors (Lipinski definition) is 1.